The van der Waals surface area contributed by atoms with E-state index >= 15 is 0 Å². The number of fused-ring (bicyclic) bond motifs is 1. The van der Waals surface area contributed by atoms with E-state index in [0.717, 1.165) is 22.8 Å². The van der Waals surface area contributed by atoms with Crippen LogP contribution in [0.5, 0.6) is 5.75 Å². The number of amides is 1. The van der Waals surface area contributed by atoms with E-state index in [2.05, 4.69) is 5.32 Å². The molecule has 0 bridgehead atoms. The molecule has 28 heavy (non-hydrogen) atoms. The van der Waals surface area contributed by atoms with Crippen molar-refractivity contribution in [1.29, 1.82) is 0 Å². The molecule has 0 radical (unpaired) electrons. The number of nitrogens with one attached hydrogen (secondary N) is 1. The van der Waals surface area contributed by atoms with Crippen LogP contribution in [0.15, 0.2) is 66.7 Å². The molecule has 5 heteroatoms. The normalized spacial score (nSPS) is 14.7. The maximum atomic E-state index is 13.0. The standard InChI is InChI=1S/C23H21NO4/c25-16-28-23(13-6-14-23)24-22(26)20-12-11-18-9-4-5-10-19(18)21(20)27-15-17-7-2-1-3-8-17/h1-5,7-12,16H,6,13-15H2,(H,24,26). The molecule has 5 nitrogen and oxygen atoms in total. The molecule has 1 N–H and O–H groups in total. The van der Waals surface area contributed by atoms with E-state index in [9.17, 15) is 9.59 Å². The summed E-state index contributed by atoms with van der Waals surface area (Å²) in [7, 11) is 0. The summed E-state index contributed by atoms with van der Waals surface area (Å²) in [5.41, 5.74) is 0.540. The van der Waals surface area contributed by atoms with Crippen LogP contribution in [0.25, 0.3) is 10.8 Å². The lowest BCUT2D eigenvalue weighted by Crippen LogP contribution is -2.55. The van der Waals surface area contributed by atoms with Crippen molar-refractivity contribution in [3.8, 4) is 5.75 Å². The molecule has 1 amide bonds. The van der Waals surface area contributed by atoms with Gasteiger partial charge >= 0.3 is 0 Å². The van der Waals surface area contributed by atoms with Crippen molar-refractivity contribution in [3.05, 3.63) is 77.9 Å². The summed E-state index contributed by atoms with van der Waals surface area (Å²) in [6.45, 7) is 0.748. The van der Waals surface area contributed by atoms with Gasteiger partial charge in [-0.3, -0.25) is 9.59 Å². The molecule has 0 saturated heterocycles. The Balaban J connectivity index is 1.66. The van der Waals surface area contributed by atoms with Gasteiger partial charge in [0.2, 0.25) is 0 Å². The lowest BCUT2D eigenvalue weighted by Gasteiger charge is -2.40. The van der Waals surface area contributed by atoms with E-state index in [1.807, 2.05) is 60.7 Å². The Morgan fingerprint density at radius 2 is 1.75 bits per heavy atom. The predicted molar refractivity (Wildman–Crippen MR) is 106 cm³/mol. The Labute approximate surface area is 163 Å². The number of carbonyl (C=O) groups is 2. The minimum absolute atomic E-state index is 0.310. The van der Waals surface area contributed by atoms with Crippen molar-refractivity contribution in [2.45, 2.75) is 31.6 Å². The van der Waals surface area contributed by atoms with Gasteiger partial charge in [-0.15, -0.1) is 0 Å². The maximum absolute atomic E-state index is 13.0. The number of hydrogen-bond donors (Lipinski definition) is 1. The highest BCUT2D eigenvalue weighted by Crippen LogP contribution is 2.35. The monoisotopic (exact) mass is 375 g/mol. The molecule has 0 spiro atoms. The van der Waals surface area contributed by atoms with Crippen molar-refractivity contribution >= 4 is 23.2 Å². The van der Waals surface area contributed by atoms with E-state index in [0.29, 0.717) is 37.2 Å². The number of hydrogen-bond acceptors (Lipinski definition) is 4. The molecule has 1 aliphatic carbocycles. The highest BCUT2D eigenvalue weighted by molar-refractivity contribution is 6.04. The average Bonchev–Trinajstić information content (AvgIpc) is 2.71. The Bertz CT molecular complexity index is 996. The predicted octanol–water partition coefficient (Wildman–Crippen LogP) is 4.20. The lowest BCUT2D eigenvalue weighted by atomic mass is 9.87. The van der Waals surface area contributed by atoms with Crippen LogP contribution in [0.3, 0.4) is 0 Å². The minimum Gasteiger partial charge on any atom is -0.487 e. The third-order valence-electron chi connectivity index (χ3n) is 5.13. The Hall–Kier alpha value is -3.34. The lowest BCUT2D eigenvalue weighted by molar-refractivity contribution is -0.156. The molecule has 0 unspecified atom stereocenters. The fourth-order valence-corrected chi connectivity index (χ4v) is 3.44. The van der Waals surface area contributed by atoms with Crippen molar-refractivity contribution in [1.82, 2.24) is 5.32 Å². The van der Waals surface area contributed by atoms with Crippen LogP contribution >= 0.6 is 0 Å². The van der Waals surface area contributed by atoms with E-state index in [4.69, 9.17) is 9.47 Å². The highest BCUT2D eigenvalue weighted by Gasteiger charge is 2.41. The van der Waals surface area contributed by atoms with E-state index in [1.165, 1.54) is 0 Å². The molecule has 142 valence electrons. The summed E-state index contributed by atoms with van der Waals surface area (Å²) < 4.78 is 11.3. The first-order valence-electron chi connectivity index (χ1n) is 9.33. The van der Waals surface area contributed by atoms with Crippen LogP contribution < -0.4 is 10.1 Å². The van der Waals surface area contributed by atoms with Gasteiger partial charge in [-0.25, -0.2) is 0 Å². The molecular weight excluding hydrogens is 354 g/mol. The van der Waals surface area contributed by atoms with Crippen LogP contribution in [0.2, 0.25) is 0 Å². The number of benzene rings is 3. The van der Waals surface area contributed by atoms with Gasteiger partial charge in [-0.05, 0) is 23.4 Å². The Morgan fingerprint density at radius 3 is 2.46 bits per heavy atom. The molecule has 1 fully saturated rings. The summed E-state index contributed by atoms with van der Waals surface area (Å²) in [4.78, 5) is 23.9. The third-order valence-corrected chi connectivity index (χ3v) is 5.13. The Kier molecular flexibility index (Phi) is 4.98. The van der Waals surface area contributed by atoms with Crippen LogP contribution in [0.1, 0.15) is 35.2 Å². The fourth-order valence-electron chi connectivity index (χ4n) is 3.44. The molecule has 1 saturated carbocycles. The zero-order chi connectivity index (χ0) is 19.4. The molecule has 4 rings (SSSR count). The van der Waals surface area contributed by atoms with Gasteiger partial charge in [0.1, 0.15) is 12.4 Å². The maximum Gasteiger partial charge on any atom is 0.295 e. The second kappa shape index (κ2) is 7.72. The summed E-state index contributed by atoms with van der Waals surface area (Å²) in [6, 6.07) is 21.2. The van der Waals surface area contributed by atoms with Gasteiger partial charge in [0.25, 0.3) is 12.4 Å². The summed E-state index contributed by atoms with van der Waals surface area (Å²) in [5, 5.41) is 4.73. The zero-order valence-corrected chi connectivity index (χ0v) is 15.4. The second-order valence-electron chi connectivity index (χ2n) is 6.95. The topological polar surface area (TPSA) is 64.6 Å². The highest BCUT2D eigenvalue weighted by atomic mass is 16.6. The first kappa shape index (κ1) is 18.0. The summed E-state index contributed by atoms with van der Waals surface area (Å²) in [5.74, 6) is 0.218. The zero-order valence-electron chi connectivity index (χ0n) is 15.4. The van der Waals surface area contributed by atoms with E-state index in [-0.39, 0.29) is 5.91 Å². The number of carbonyl (C=O) groups excluding carboxylic acids is 2. The first-order valence-corrected chi connectivity index (χ1v) is 9.33. The largest absolute Gasteiger partial charge is 0.487 e. The molecule has 0 heterocycles. The average molecular weight is 375 g/mol. The van der Waals surface area contributed by atoms with Gasteiger partial charge in [-0.2, -0.15) is 0 Å². The third kappa shape index (κ3) is 3.56. The molecule has 3 aromatic carbocycles. The van der Waals surface area contributed by atoms with Crippen LogP contribution in [-0.4, -0.2) is 18.1 Å². The number of rotatable bonds is 7. The Morgan fingerprint density at radius 1 is 1.00 bits per heavy atom. The smallest absolute Gasteiger partial charge is 0.295 e. The van der Waals surface area contributed by atoms with Crippen LogP contribution in [0, 0.1) is 0 Å². The first-order chi connectivity index (χ1) is 13.7. The quantitative estimate of drug-likeness (QED) is 0.496. The van der Waals surface area contributed by atoms with Gasteiger partial charge in [0.05, 0.1) is 5.56 Å². The van der Waals surface area contributed by atoms with Crippen molar-refractivity contribution in [2.24, 2.45) is 0 Å². The SMILES string of the molecule is O=COC1(NC(=O)c2ccc3ccccc3c2OCc2ccccc2)CCC1. The fraction of sp³-hybridized carbons (Fsp3) is 0.217. The number of ether oxygens (including phenoxy) is 2. The molecule has 3 aromatic rings. The van der Waals surface area contributed by atoms with Crippen molar-refractivity contribution in [2.75, 3.05) is 0 Å². The summed E-state index contributed by atoms with van der Waals surface area (Å²) >= 11 is 0. The minimum atomic E-state index is -0.902. The van der Waals surface area contributed by atoms with Crippen LogP contribution in [-0.2, 0) is 16.1 Å². The van der Waals surface area contributed by atoms with Crippen LogP contribution in [0.4, 0.5) is 0 Å². The van der Waals surface area contributed by atoms with Crippen molar-refractivity contribution in [3.63, 3.8) is 0 Å². The van der Waals surface area contributed by atoms with Gasteiger partial charge in [-0.1, -0.05) is 60.7 Å². The van der Waals surface area contributed by atoms with E-state index < -0.39 is 5.72 Å². The van der Waals surface area contributed by atoms with Crippen molar-refractivity contribution < 1.29 is 19.1 Å². The van der Waals surface area contributed by atoms with Gasteiger partial charge < -0.3 is 14.8 Å². The molecular formula is C23H21NO4. The molecule has 0 aromatic heterocycles. The van der Waals surface area contributed by atoms with E-state index in [1.54, 1.807) is 6.07 Å². The molecule has 1 aliphatic rings. The van der Waals surface area contributed by atoms with Gasteiger partial charge in [0, 0.05) is 18.2 Å². The second-order valence-corrected chi connectivity index (χ2v) is 6.95. The molecule has 0 aliphatic heterocycles. The van der Waals surface area contributed by atoms with Gasteiger partial charge in [0.15, 0.2) is 5.72 Å². The summed E-state index contributed by atoms with van der Waals surface area (Å²) in [6.07, 6.45) is 2.14. The molecule has 0 atom stereocenters.